The average molecular weight is 343 g/mol. The molecule has 1 saturated heterocycles. The fourth-order valence-electron chi connectivity index (χ4n) is 1.77. The SMILES string of the molecule is Cc1cc(NC(=O)[C@@H]2CSCCC(=O)N2)ccc1Br. The molecule has 0 radical (unpaired) electrons. The monoisotopic (exact) mass is 342 g/mol. The van der Waals surface area contributed by atoms with Crippen LogP contribution in [0.4, 0.5) is 5.69 Å². The Balaban J connectivity index is 2.03. The van der Waals surface area contributed by atoms with Crippen LogP contribution in [0.1, 0.15) is 12.0 Å². The first-order chi connectivity index (χ1) is 9.06. The molecule has 2 N–H and O–H groups in total. The number of benzene rings is 1. The van der Waals surface area contributed by atoms with E-state index in [1.165, 1.54) is 0 Å². The molecule has 2 amide bonds. The Kier molecular flexibility index (Phi) is 4.87. The molecule has 1 heterocycles. The lowest BCUT2D eigenvalue weighted by Gasteiger charge is -2.15. The Morgan fingerprint density at radius 2 is 2.32 bits per heavy atom. The lowest BCUT2D eigenvalue weighted by Crippen LogP contribution is -2.44. The summed E-state index contributed by atoms with van der Waals surface area (Å²) in [5.41, 5.74) is 1.80. The van der Waals surface area contributed by atoms with Crippen LogP contribution in [-0.2, 0) is 9.59 Å². The van der Waals surface area contributed by atoms with Crippen LogP contribution in [0.15, 0.2) is 22.7 Å². The smallest absolute Gasteiger partial charge is 0.247 e. The number of carbonyl (C=O) groups is 2. The summed E-state index contributed by atoms with van der Waals surface area (Å²) in [5.74, 6) is 1.17. The number of carbonyl (C=O) groups excluding carboxylic acids is 2. The topological polar surface area (TPSA) is 58.2 Å². The molecule has 0 aliphatic carbocycles. The van der Waals surface area contributed by atoms with Crippen molar-refractivity contribution >= 4 is 45.2 Å². The Labute approximate surface area is 124 Å². The van der Waals surface area contributed by atoms with Gasteiger partial charge in [0.2, 0.25) is 11.8 Å². The van der Waals surface area contributed by atoms with E-state index in [0.29, 0.717) is 12.2 Å². The number of amides is 2. The number of hydrogen-bond donors (Lipinski definition) is 2. The zero-order valence-corrected chi connectivity index (χ0v) is 12.9. The van der Waals surface area contributed by atoms with Crippen molar-refractivity contribution in [3.05, 3.63) is 28.2 Å². The summed E-state index contributed by atoms with van der Waals surface area (Å²) < 4.78 is 1.00. The molecule has 0 bridgehead atoms. The van der Waals surface area contributed by atoms with Gasteiger partial charge >= 0.3 is 0 Å². The van der Waals surface area contributed by atoms with Gasteiger partial charge in [0.15, 0.2) is 0 Å². The molecule has 6 heteroatoms. The Hall–Kier alpha value is -1.01. The Bertz CT molecular complexity index is 507. The van der Waals surface area contributed by atoms with Gasteiger partial charge in [-0.15, -0.1) is 0 Å². The summed E-state index contributed by atoms with van der Waals surface area (Å²) in [5, 5.41) is 5.58. The van der Waals surface area contributed by atoms with Crippen LogP contribution in [0.2, 0.25) is 0 Å². The van der Waals surface area contributed by atoms with Gasteiger partial charge in [-0.05, 0) is 30.7 Å². The maximum Gasteiger partial charge on any atom is 0.247 e. The van der Waals surface area contributed by atoms with E-state index < -0.39 is 6.04 Å². The zero-order chi connectivity index (χ0) is 13.8. The zero-order valence-electron chi connectivity index (χ0n) is 10.5. The maximum absolute atomic E-state index is 12.1. The summed E-state index contributed by atoms with van der Waals surface area (Å²) in [7, 11) is 0. The number of hydrogen-bond acceptors (Lipinski definition) is 3. The molecule has 0 saturated carbocycles. The van der Waals surface area contributed by atoms with E-state index in [2.05, 4.69) is 26.6 Å². The van der Waals surface area contributed by atoms with E-state index in [-0.39, 0.29) is 11.8 Å². The van der Waals surface area contributed by atoms with E-state index in [1.807, 2.05) is 25.1 Å². The van der Waals surface area contributed by atoms with Gasteiger partial charge in [-0.1, -0.05) is 15.9 Å². The molecule has 1 aromatic carbocycles. The van der Waals surface area contributed by atoms with Gasteiger partial charge in [-0.3, -0.25) is 9.59 Å². The lowest BCUT2D eigenvalue weighted by atomic mass is 10.2. The highest BCUT2D eigenvalue weighted by atomic mass is 79.9. The van der Waals surface area contributed by atoms with Crippen molar-refractivity contribution in [3.8, 4) is 0 Å². The van der Waals surface area contributed by atoms with Crippen molar-refractivity contribution < 1.29 is 9.59 Å². The molecule has 1 aromatic rings. The highest BCUT2D eigenvalue weighted by molar-refractivity contribution is 9.10. The van der Waals surface area contributed by atoms with Crippen LogP contribution < -0.4 is 10.6 Å². The molecule has 0 aromatic heterocycles. The number of rotatable bonds is 2. The van der Waals surface area contributed by atoms with Crippen LogP contribution in [0.3, 0.4) is 0 Å². The first kappa shape index (κ1) is 14.4. The van der Waals surface area contributed by atoms with Crippen molar-refractivity contribution in [2.45, 2.75) is 19.4 Å². The standard InChI is InChI=1S/C13H15BrN2O2S/c1-8-6-9(2-3-10(8)14)15-13(18)11-7-19-5-4-12(17)16-11/h2-3,6,11H,4-5,7H2,1H3,(H,15,18)(H,16,17)/t11-/m0/s1. The van der Waals surface area contributed by atoms with Gasteiger partial charge in [0, 0.05) is 28.1 Å². The predicted octanol–water partition coefficient (Wildman–Crippen LogP) is 2.32. The summed E-state index contributed by atoms with van der Waals surface area (Å²) in [6.07, 6.45) is 0.478. The van der Waals surface area contributed by atoms with Crippen molar-refractivity contribution in [2.24, 2.45) is 0 Å². The fourth-order valence-corrected chi connectivity index (χ4v) is 2.98. The summed E-state index contributed by atoms with van der Waals surface area (Å²) in [6, 6.07) is 5.17. The van der Waals surface area contributed by atoms with Crippen molar-refractivity contribution in [1.82, 2.24) is 5.32 Å². The van der Waals surface area contributed by atoms with Crippen molar-refractivity contribution in [2.75, 3.05) is 16.8 Å². The summed E-state index contributed by atoms with van der Waals surface area (Å²) in [4.78, 5) is 23.5. The quantitative estimate of drug-likeness (QED) is 0.867. The van der Waals surface area contributed by atoms with Crippen molar-refractivity contribution in [1.29, 1.82) is 0 Å². The number of thioether (sulfide) groups is 1. The van der Waals surface area contributed by atoms with E-state index in [0.717, 1.165) is 21.5 Å². The minimum atomic E-state index is -0.455. The van der Waals surface area contributed by atoms with Crippen LogP contribution in [0.25, 0.3) is 0 Å². The highest BCUT2D eigenvalue weighted by Gasteiger charge is 2.23. The van der Waals surface area contributed by atoms with E-state index in [1.54, 1.807) is 11.8 Å². The molecular weight excluding hydrogens is 328 g/mol. The Morgan fingerprint density at radius 3 is 3.05 bits per heavy atom. The number of aryl methyl sites for hydroxylation is 1. The molecule has 1 atom stereocenters. The average Bonchev–Trinajstić information content (AvgIpc) is 2.58. The number of halogens is 1. The third-order valence-corrected chi connectivity index (χ3v) is 4.79. The molecule has 102 valence electrons. The predicted molar refractivity (Wildman–Crippen MR) is 81.4 cm³/mol. The second-order valence-electron chi connectivity index (χ2n) is 4.40. The molecule has 4 nitrogen and oxygen atoms in total. The third-order valence-electron chi connectivity index (χ3n) is 2.84. The highest BCUT2D eigenvalue weighted by Crippen LogP contribution is 2.20. The van der Waals surface area contributed by atoms with Crippen LogP contribution in [0, 0.1) is 6.92 Å². The Morgan fingerprint density at radius 1 is 1.53 bits per heavy atom. The molecule has 0 spiro atoms. The van der Waals surface area contributed by atoms with Crippen LogP contribution in [-0.4, -0.2) is 29.4 Å². The fraction of sp³-hybridized carbons (Fsp3) is 0.385. The van der Waals surface area contributed by atoms with Gasteiger partial charge < -0.3 is 10.6 Å². The van der Waals surface area contributed by atoms with E-state index in [9.17, 15) is 9.59 Å². The van der Waals surface area contributed by atoms with Gasteiger partial charge in [0.1, 0.15) is 6.04 Å². The molecule has 19 heavy (non-hydrogen) atoms. The molecule has 1 aliphatic rings. The van der Waals surface area contributed by atoms with E-state index in [4.69, 9.17) is 0 Å². The normalized spacial score (nSPS) is 19.5. The van der Waals surface area contributed by atoms with Gasteiger partial charge in [-0.25, -0.2) is 0 Å². The second kappa shape index (κ2) is 6.43. The summed E-state index contributed by atoms with van der Waals surface area (Å²) in [6.45, 7) is 1.96. The molecule has 1 aliphatic heterocycles. The minimum absolute atomic E-state index is 0.0582. The maximum atomic E-state index is 12.1. The molecule has 0 unspecified atom stereocenters. The second-order valence-corrected chi connectivity index (χ2v) is 6.40. The number of anilines is 1. The van der Waals surface area contributed by atoms with Crippen LogP contribution >= 0.6 is 27.7 Å². The van der Waals surface area contributed by atoms with E-state index >= 15 is 0 Å². The first-order valence-electron chi connectivity index (χ1n) is 6.00. The largest absolute Gasteiger partial charge is 0.343 e. The number of nitrogens with one attached hydrogen (secondary N) is 2. The van der Waals surface area contributed by atoms with Gasteiger partial charge in [0.05, 0.1) is 0 Å². The molecular formula is C13H15BrN2O2S. The van der Waals surface area contributed by atoms with Gasteiger partial charge in [-0.2, -0.15) is 11.8 Å². The summed E-state index contributed by atoms with van der Waals surface area (Å²) >= 11 is 5.04. The molecule has 2 rings (SSSR count). The lowest BCUT2D eigenvalue weighted by molar-refractivity contribution is -0.125. The molecule has 1 fully saturated rings. The third kappa shape index (κ3) is 3.98. The van der Waals surface area contributed by atoms with Crippen LogP contribution in [0.5, 0.6) is 0 Å². The minimum Gasteiger partial charge on any atom is -0.343 e. The van der Waals surface area contributed by atoms with Gasteiger partial charge in [0.25, 0.3) is 0 Å². The van der Waals surface area contributed by atoms with Crippen molar-refractivity contribution in [3.63, 3.8) is 0 Å². The first-order valence-corrected chi connectivity index (χ1v) is 7.95.